The summed E-state index contributed by atoms with van der Waals surface area (Å²) in [5.41, 5.74) is 0. The quantitative estimate of drug-likeness (QED) is 0.269. The van der Waals surface area contributed by atoms with E-state index in [9.17, 15) is 39.6 Å². The Morgan fingerprint density at radius 2 is 0.485 bits per heavy atom. The number of carbonyl (C=O) groups excluding carboxylic acids is 4. The van der Waals surface area contributed by atoms with Crippen molar-refractivity contribution in [1.29, 1.82) is 0 Å². The van der Waals surface area contributed by atoms with Crippen LogP contribution in [-0.4, -0.2) is 51.2 Å². The van der Waals surface area contributed by atoms with Crippen LogP contribution < -0.4 is 20.4 Å². The zero-order valence-electron chi connectivity index (χ0n) is 21.7. The third-order valence-corrected chi connectivity index (χ3v) is 5.28. The van der Waals surface area contributed by atoms with E-state index >= 15 is 0 Å². The van der Waals surface area contributed by atoms with Gasteiger partial charge in [-0.05, 0) is 75.0 Å². The molecule has 0 aromatic rings. The first-order chi connectivity index (χ1) is 14.9. The molecule has 8 nitrogen and oxygen atoms in total. The topological polar surface area (TPSA) is 161 Å². The van der Waals surface area contributed by atoms with Crippen LogP contribution >= 0.6 is 0 Å². The second kappa shape index (κ2) is 28.8. The average Bonchev–Trinajstić information content (AvgIpc) is 2.72. The van der Waals surface area contributed by atoms with Crippen LogP contribution in [0.1, 0.15) is 107 Å². The SMILES string of the molecule is CCC(CC)C(=O)[O-].CCC(CC)C(=O)[O-].CCC(CC)C(=O)[O-].CCC(CC)C(=O)[O-].[Pb]. The Morgan fingerprint density at radius 1 is 0.394 bits per heavy atom. The largest absolute Gasteiger partial charge is 0.550 e. The minimum Gasteiger partial charge on any atom is -0.550 e. The summed E-state index contributed by atoms with van der Waals surface area (Å²) in [7, 11) is 0. The van der Waals surface area contributed by atoms with E-state index in [0.717, 1.165) is 0 Å². The second-order valence-electron chi connectivity index (χ2n) is 7.33. The number of rotatable bonds is 12. The van der Waals surface area contributed by atoms with E-state index in [-0.39, 0.29) is 51.0 Å². The molecule has 0 atom stereocenters. The minimum atomic E-state index is -0.921. The Hall–Kier alpha value is -1.20. The Kier molecular flexibility index (Phi) is 36.7. The van der Waals surface area contributed by atoms with Crippen LogP contribution in [0.4, 0.5) is 0 Å². The number of carboxylic acid groups (broad SMARTS) is 4. The normalized spacial score (nSPS) is 9.58. The molecule has 196 valence electrons. The molecule has 0 amide bonds. The molecule has 4 radical (unpaired) electrons. The smallest absolute Gasteiger partial charge is 0.0445 e. The van der Waals surface area contributed by atoms with Crippen molar-refractivity contribution in [2.24, 2.45) is 23.7 Å². The number of carboxylic acids is 4. The van der Waals surface area contributed by atoms with Crippen molar-refractivity contribution in [1.82, 2.24) is 0 Å². The van der Waals surface area contributed by atoms with E-state index < -0.39 is 23.9 Å². The molecule has 0 aliphatic heterocycles. The first kappa shape index (κ1) is 42.0. The Morgan fingerprint density at radius 3 is 0.485 bits per heavy atom. The molecule has 0 aliphatic carbocycles. The summed E-state index contributed by atoms with van der Waals surface area (Å²) in [5, 5.41) is 40.2. The molecule has 0 aromatic heterocycles. The predicted octanol–water partition coefficient (Wildman–Crippen LogP) is 0.309. The standard InChI is InChI=1S/4C6H12O2.Pb/c4*1-3-5(4-2)6(7)8;/h4*5H,3-4H2,1-2H3,(H,7,8);/p-4. The predicted molar refractivity (Wildman–Crippen MR) is 122 cm³/mol. The zero-order chi connectivity index (χ0) is 26.3. The fourth-order valence-corrected chi connectivity index (χ4v) is 2.49. The van der Waals surface area contributed by atoms with E-state index in [2.05, 4.69) is 0 Å². The van der Waals surface area contributed by atoms with E-state index in [1.807, 2.05) is 55.4 Å². The first-order valence-electron chi connectivity index (χ1n) is 11.7. The van der Waals surface area contributed by atoms with Gasteiger partial charge in [-0.25, -0.2) is 0 Å². The molecular formula is C24H44O8Pb-4. The molecule has 0 heterocycles. The van der Waals surface area contributed by atoms with Crippen molar-refractivity contribution in [3.05, 3.63) is 0 Å². The van der Waals surface area contributed by atoms with Gasteiger partial charge in [0, 0.05) is 51.2 Å². The van der Waals surface area contributed by atoms with Crippen LogP contribution in [0.5, 0.6) is 0 Å². The maximum absolute atomic E-state index is 10.1. The summed E-state index contributed by atoms with van der Waals surface area (Å²) in [6.45, 7) is 14.8. The average molecular weight is 668 g/mol. The molecule has 0 spiro atoms. The molecular weight excluding hydrogens is 623 g/mol. The molecule has 0 saturated carbocycles. The summed E-state index contributed by atoms with van der Waals surface area (Å²) >= 11 is 0. The molecule has 0 rings (SSSR count). The van der Waals surface area contributed by atoms with Crippen LogP contribution in [0.15, 0.2) is 0 Å². The fourth-order valence-electron chi connectivity index (χ4n) is 2.49. The van der Waals surface area contributed by atoms with Gasteiger partial charge in [0.2, 0.25) is 0 Å². The van der Waals surface area contributed by atoms with Crippen LogP contribution in [0.3, 0.4) is 0 Å². The van der Waals surface area contributed by atoms with Gasteiger partial charge in [0.15, 0.2) is 0 Å². The van der Waals surface area contributed by atoms with Crippen molar-refractivity contribution in [2.75, 3.05) is 0 Å². The van der Waals surface area contributed by atoms with Gasteiger partial charge in [-0.2, -0.15) is 0 Å². The summed E-state index contributed by atoms with van der Waals surface area (Å²) in [6, 6.07) is 0. The molecule has 0 aromatic carbocycles. The van der Waals surface area contributed by atoms with E-state index in [0.29, 0.717) is 51.4 Å². The summed E-state index contributed by atoms with van der Waals surface area (Å²) in [5.74, 6) is -4.65. The van der Waals surface area contributed by atoms with Crippen LogP contribution in [-0.2, 0) is 19.2 Å². The van der Waals surface area contributed by atoms with E-state index in [1.165, 1.54) is 0 Å². The van der Waals surface area contributed by atoms with Gasteiger partial charge in [-0.3, -0.25) is 0 Å². The van der Waals surface area contributed by atoms with E-state index in [4.69, 9.17) is 0 Å². The van der Waals surface area contributed by atoms with Gasteiger partial charge in [-0.1, -0.05) is 55.4 Å². The molecule has 0 N–H and O–H groups in total. The van der Waals surface area contributed by atoms with Gasteiger partial charge in [0.05, 0.1) is 0 Å². The van der Waals surface area contributed by atoms with Crippen molar-refractivity contribution in [2.45, 2.75) is 107 Å². The maximum Gasteiger partial charge on any atom is 0.0445 e. The zero-order valence-corrected chi connectivity index (χ0v) is 25.6. The Bertz CT molecular complexity index is 393. The fraction of sp³-hybridized carbons (Fsp3) is 0.833. The van der Waals surface area contributed by atoms with Gasteiger partial charge >= 0.3 is 0 Å². The molecule has 0 fully saturated rings. The van der Waals surface area contributed by atoms with Gasteiger partial charge in [-0.15, -0.1) is 0 Å². The van der Waals surface area contributed by atoms with Gasteiger partial charge < -0.3 is 39.6 Å². The molecule has 9 heteroatoms. The monoisotopic (exact) mass is 668 g/mol. The molecule has 0 bridgehead atoms. The number of aliphatic carboxylic acids is 4. The van der Waals surface area contributed by atoms with Crippen molar-refractivity contribution >= 4 is 51.2 Å². The second-order valence-corrected chi connectivity index (χ2v) is 7.33. The summed E-state index contributed by atoms with van der Waals surface area (Å²) in [6.07, 6.45) is 5.44. The number of carbonyl (C=O) groups is 4. The third kappa shape index (κ3) is 26.9. The Balaban J connectivity index is -0.000000105. The van der Waals surface area contributed by atoms with Crippen molar-refractivity contribution in [3.63, 3.8) is 0 Å². The molecule has 0 aliphatic rings. The van der Waals surface area contributed by atoms with E-state index in [1.54, 1.807) is 0 Å². The third-order valence-electron chi connectivity index (χ3n) is 5.28. The number of hydrogen-bond donors (Lipinski definition) is 0. The summed E-state index contributed by atoms with van der Waals surface area (Å²) < 4.78 is 0. The van der Waals surface area contributed by atoms with Crippen molar-refractivity contribution < 1.29 is 39.6 Å². The first-order valence-corrected chi connectivity index (χ1v) is 11.7. The van der Waals surface area contributed by atoms with Crippen molar-refractivity contribution in [3.8, 4) is 0 Å². The summed E-state index contributed by atoms with van der Waals surface area (Å²) in [4.78, 5) is 40.2. The van der Waals surface area contributed by atoms with Crippen LogP contribution in [0, 0.1) is 23.7 Å². The minimum absolute atomic E-state index is 0. The molecule has 0 unspecified atom stereocenters. The Labute approximate surface area is 220 Å². The van der Waals surface area contributed by atoms with Crippen LogP contribution in [0.25, 0.3) is 0 Å². The van der Waals surface area contributed by atoms with Crippen LogP contribution in [0.2, 0.25) is 0 Å². The number of hydrogen-bond acceptors (Lipinski definition) is 8. The molecule has 33 heavy (non-hydrogen) atoms. The molecule has 0 saturated heterocycles. The van der Waals surface area contributed by atoms with Gasteiger partial charge in [0.1, 0.15) is 0 Å². The van der Waals surface area contributed by atoms with Gasteiger partial charge in [0.25, 0.3) is 0 Å². The maximum atomic E-state index is 10.1.